The molecule has 9 heteroatoms. The molecule has 2 amide bonds. The van der Waals surface area contributed by atoms with E-state index in [4.69, 9.17) is 0 Å². The zero-order valence-electron chi connectivity index (χ0n) is 17.3. The highest BCUT2D eigenvalue weighted by Crippen LogP contribution is 2.23. The minimum absolute atomic E-state index is 0.0307. The van der Waals surface area contributed by atoms with Crippen LogP contribution >= 0.6 is 0 Å². The molecule has 2 aromatic rings. The Balaban J connectivity index is 2.29. The molecule has 7 nitrogen and oxygen atoms in total. The topological polar surface area (TPSA) is 95.6 Å². The summed E-state index contributed by atoms with van der Waals surface area (Å²) in [5.74, 6) is -1.38. The van der Waals surface area contributed by atoms with Crippen LogP contribution in [0.25, 0.3) is 0 Å². The summed E-state index contributed by atoms with van der Waals surface area (Å²) in [5, 5.41) is 5.40. The average Bonchev–Trinajstić information content (AvgIpc) is 2.65. The zero-order valence-corrected chi connectivity index (χ0v) is 18.2. The van der Waals surface area contributed by atoms with Gasteiger partial charge in [-0.2, -0.15) is 0 Å². The van der Waals surface area contributed by atoms with E-state index in [1.165, 1.54) is 25.1 Å². The van der Waals surface area contributed by atoms with Gasteiger partial charge in [0.15, 0.2) is 0 Å². The fourth-order valence-electron chi connectivity index (χ4n) is 2.84. The first-order valence-electron chi connectivity index (χ1n) is 9.43. The molecule has 0 saturated heterocycles. The lowest BCUT2D eigenvalue weighted by atomic mass is 10.1. The highest BCUT2D eigenvalue weighted by molar-refractivity contribution is 7.92. The lowest BCUT2D eigenvalue weighted by molar-refractivity contribution is -0.116. The summed E-state index contributed by atoms with van der Waals surface area (Å²) in [6.45, 7) is 5.78. The Morgan fingerprint density at radius 2 is 1.73 bits per heavy atom. The van der Waals surface area contributed by atoms with E-state index in [0.717, 1.165) is 16.6 Å². The molecule has 0 aliphatic rings. The first-order chi connectivity index (χ1) is 14.0. The Bertz CT molecular complexity index is 1020. The van der Waals surface area contributed by atoms with E-state index in [9.17, 15) is 22.4 Å². The van der Waals surface area contributed by atoms with Crippen molar-refractivity contribution in [2.45, 2.75) is 26.8 Å². The molecule has 0 fully saturated rings. The van der Waals surface area contributed by atoms with E-state index in [2.05, 4.69) is 10.6 Å². The van der Waals surface area contributed by atoms with Crippen molar-refractivity contribution in [1.29, 1.82) is 0 Å². The van der Waals surface area contributed by atoms with Crippen LogP contribution in [0.3, 0.4) is 0 Å². The van der Waals surface area contributed by atoms with Crippen molar-refractivity contribution in [3.63, 3.8) is 0 Å². The number of amides is 2. The molecule has 0 aliphatic heterocycles. The van der Waals surface area contributed by atoms with E-state index in [1.807, 2.05) is 13.8 Å². The fraction of sp³-hybridized carbons (Fsp3) is 0.333. The van der Waals surface area contributed by atoms with E-state index in [1.54, 1.807) is 24.3 Å². The molecule has 0 radical (unpaired) electrons. The van der Waals surface area contributed by atoms with Crippen molar-refractivity contribution in [1.82, 2.24) is 5.32 Å². The van der Waals surface area contributed by atoms with Crippen LogP contribution in [-0.4, -0.2) is 39.1 Å². The minimum Gasteiger partial charge on any atom is -0.352 e. The molecular weight excluding hydrogens is 409 g/mol. The van der Waals surface area contributed by atoms with Crippen LogP contribution in [0, 0.1) is 11.7 Å². The molecule has 0 heterocycles. The number of hydrogen-bond acceptors (Lipinski definition) is 4. The van der Waals surface area contributed by atoms with Gasteiger partial charge in [-0.25, -0.2) is 12.8 Å². The molecule has 0 saturated carbocycles. The number of hydrogen-bond donors (Lipinski definition) is 2. The number of anilines is 2. The molecule has 162 valence electrons. The average molecular weight is 436 g/mol. The number of nitrogens with zero attached hydrogens (tertiary/aromatic N) is 1. The third kappa shape index (κ3) is 6.03. The van der Waals surface area contributed by atoms with E-state index < -0.39 is 27.8 Å². The molecule has 0 unspecified atom stereocenters. The van der Waals surface area contributed by atoms with Gasteiger partial charge >= 0.3 is 0 Å². The summed E-state index contributed by atoms with van der Waals surface area (Å²) in [6.07, 6.45) is 0.939. The zero-order chi connectivity index (χ0) is 22.5. The normalized spacial score (nSPS) is 12.3. The highest BCUT2D eigenvalue weighted by Gasteiger charge is 2.30. The number of sulfonamides is 1. The van der Waals surface area contributed by atoms with Crippen LogP contribution < -0.4 is 14.9 Å². The van der Waals surface area contributed by atoms with Gasteiger partial charge < -0.3 is 10.6 Å². The van der Waals surface area contributed by atoms with Crippen LogP contribution in [0.2, 0.25) is 0 Å². The van der Waals surface area contributed by atoms with Gasteiger partial charge in [0.05, 0.1) is 23.2 Å². The molecule has 2 N–H and O–H groups in total. The van der Waals surface area contributed by atoms with Gasteiger partial charge in [-0.15, -0.1) is 0 Å². The molecule has 0 spiro atoms. The van der Waals surface area contributed by atoms with Crippen LogP contribution in [0.5, 0.6) is 0 Å². The number of carbonyl (C=O) groups is 2. The predicted octanol–water partition coefficient (Wildman–Crippen LogP) is 3.00. The Morgan fingerprint density at radius 3 is 2.33 bits per heavy atom. The molecule has 2 aromatic carbocycles. The maximum atomic E-state index is 13.6. The smallest absolute Gasteiger partial charge is 0.253 e. The maximum Gasteiger partial charge on any atom is 0.253 e. The van der Waals surface area contributed by atoms with Gasteiger partial charge in [-0.1, -0.05) is 32.0 Å². The van der Waals surface area contributed by atoms with Crippen molar-refractivity contribution in [2.24, 2.45) is 5.92 Å². The number of para-hydroxylation sites is 1. The van der Waals surface area contributed by atoms with Gasteiger partial charge in [0.2, 0.25) is 15.9 Å². The van der Waals surface area contributed by atoms with E-state index in [0.29, 0.717) is 6.54 Å². The lowest BCUT2D eigenvalue weighted by Gasteiger charge is -2.28. The van der Waals surface area contributed by atoms with E-state index in [-0.39, 0.29) is 28.8 Å². The quantitative estimate of drug-likeness (QED) is 0.666. The molecule has 0 aliphatic carbocycles. The third-order valence-corrected chi connectivity index (χ3v) is 5.49. The number of nitrogens with one attached hydrogen (secondary N) is 2. The van der Waals surface area contributed by atoms with Gasteiger partial charge in [0.25, 0.3) is 5.91 Å². The van der Waals surface area contributed by atoms with Gasteiger partial charge in [0, 0.05) is 6.54 Å². The monoisotopic (exact) mass is 435 g/mol. The van der Waals surface area contributed by atoms with Crippen LogP contribution in [0.4, 0.5) is 15.8 Å². The first-order valence-corrected chi connectivity index (χ1v) is 11.3. The maximum absolute atomic E-state index is 13.6. The highest BCUT2D eigenvalue weighted by atomic mass is 32.2. The van der Waals surface area contributed by atoms with E-state index >= 15 is 0 Å². The molecule has 1 atom stereocenters. The standard InChI is InChI=1S/C21H26FN3O4S/c1-14(2)13-23-21(27)18-10-5-6-11-19(18)24-20(26)15(3)25(30(4,28)29)17-9-7-8-16(22)12-17/h5-12,14-15H,13H2,1-4H3,(H,23,27)(H,24,26)/t15-/m0/s1. The first kappa shape index (κ1) is 23.3. The van der Waals surface area contributed by atoms with Gasteiger partial charge in [-0.3, -0.25) is 13.9 Å². The summed E-state index contributed by atoms with van der Waals surface area (Å²) >= 11 is 0. The van der Waals surface area contributed by atoms with Crippen molar-refractivity contribution < 1.29 is 22.4 Å². The van der Waals surface area contributed by atoms with Crippen LogP contribution in [-0.2, 0) is 14.8 Å². The van der Waals surface area contributed by atoms with Crippen molar-refractivity contribution in [2.75, 3.05) is 22.4 Å². The minimum atomic E-state index is -3.89. The van der Waals surface area contributed by atoms with Crippen LogP contribution in [0.1, 0.15) is 31.1 Å². The number of carbonyl (C=O) groups excluding carboxylic acids is 2. The molecule has 30 heavy (non-hydrogen) atoms. The summed E-state index contributed by atoms with van der Waals surface area (Å²) in [5.41, 5.74) is 0.543. The fourth-order valence-corrected chi connectivity index (χ4v) is 4.01. The summed E-state index contributed by atoms with van der Waals surface area (Å²) in [4.78, 5) is 25.3. The van der Waals surface area contributed by atoms with Gasteiger partial charge in [0.1, 0.15) is 11.9 Å². The Kier molecular flexibility index (Phi) is 7.55. The Morgan fingerprint density at radius 1 is 1.07 bits per heavy atom. The second-order valence-electron chi connectivity index (χ2n) is 7.35. The summed E-state index contributed by atoms with van der Waals surface area (Å²) in [6, 6.07) is 10.2. The third-order valence-electron chi connectivity index (χ3n) is 4.25. The number of rotatable bonds is 8. The Hall–Kier alpha value is -2.94. The summed E-state index contributed by atoms with van der Waals surface area (Å²) in [7, 11) is -3.89. The van der Waals surface area contributed by atoms with Crippen molar-refractivity contribution >= 4 is 33.2 Å². The van der Waals surface area contributed by atoms with Crippen molar-refractivity contribution in [3.8, 4) is 0 Å². The SMILES string of the molecule is CC(C)CNC(=O)c1ccccc1NC(=O)[C@H](C)N(c1cccc(F)c1)S(C)(=O)=O. The molecule has 0 aromatic heterocycles. The Labute approximate surface area is 176 Å². The number of halogens is 1. The lowest BCUT2D eigenvalue weighted by Crippen LogP contribution is -2.45. The largest absolute Gasteiger partial charge is 0.352 e. The number of benzene rings is 2. The second-order valence-corrected chi connectivity index (χ2v) is 9.21. The molecule has 2 rings (SSSR count). The summed E-state index contributed by atoms with van der Waals surface area (Å²) < 4.78 is 39.1. The van der Waals surface area contributed by atoms with Gasteiger partial charge in [-0.05, 0) is 43.2 Å². The van der Waals surface area contributed by atoms with Crippen molar-refractivity contribution in [3.05, 3.63) is 59.9 Å². The second kappa shape index (κ2) is 9.71. The molecular formula is C21H26FN3O4S. The predicted molar refractivity (Wildman–Crippen MR) is 115 cm³/mol. The van der Waals surface area contributed by atoms with Crippen LogP contribution in [0.15, 0.2) is 48.5 Å². The molecule has 0 bridgehead atoms.